The number of hydrogen-bond acceptors (Lipinski definition) is 3. The minimum atomic E-state index is 0.625. The van der Waals surface area contributed by atoms with E-state index in [0.717, 1.165) is 29.6 Å². The normalized spacial score (nSPS) is 12.2. The number of methoxy groups -OCH3 is 1. The highest BCUT2D eigenvalue weighted by Crippen LogP contribution is 2.21. The number of aryl methyl sites for hydroxylation is 1. The SMILES string of the molecule is C/C=C\C(=C/C)CCc1nc2ccccc2nc1OC. The molecule has 0 saturated heterocycles. The van der Waals surface area contributed by atoms with Gasteiger partial charge in [-0.3, -0.25) is 0 Å². The number of benzene rings is 1. The van der Waals surface area contributed by atoms with Crippen molar-refractivity contribution in [3.05, 3.63) is 53.8 Å². The highest BCUT2D eigenvalue weighted by atomic mass is 16.5. The molecule has 104 valence electrons. The van der Waals surface area contributed by atoms with E-state index in [1.807, 2.05) is 31.2 Å². The van der Waals surface area contributed by atoms with E-state index in [4.69, 9.17) is 4.74 Å². The zero-order valence-electron chi connectivity index (χ0n) is 12.3. The van der Waals surface area contributed by atoms with Gasteiger partial charge in [-0.15, -0.1) is 0 Å². The van der Waals surface area contributed by atoms with Gasteiger partial charge in [0.2, 0.25) is 5.88 Å². The van der Waals surface area contributed by atoms with Crippen LogP contribution in [0.3, 0.4) is 0 Å². The van der Waals surface area contributed by atoms with Crippen LogP contribution in [0.2, 0.25) is 0 Å². The first kappa shape index (κ1) is 14.3. The molecule has 0 radical (unpaired) electrons. The maximum absolute atomic E-state index is 5.37. The van der Waals surface area contributed by atoms with E-state index >= 15 is 0 Å². The smallest absolute Gasteiger partial charge is 0.235 e. The molecular weight excluding hydrogens is 248 g/mol. The Kier molecular flexibility index (Phi) is 4.88. The minimum Gasteiger partial charge on any atom is -0.480 e. The largest absolute Gasteiger partial charge is 0.480 e. The first-order valence-corrected chi connectivity index (χ1v) is 6.86. The summed E-state index contributed by atoms with van der Waals surface area (Å²) in [5.74, 6) is 0.625. The predicted octanol–water partition coefficient (Wildman–Crippen LogP) is 4.09. The molecule has 2 aromatic rings. The molecule has 0 aliphatic heterocycles. The molecule has 0 unspecified atom stereocenters. The highest BCUT2D eigenvalue weighted by molar-refractivity contribution is 5.74. The molecule has 0 N–H and O–H groups in total. The van der Waals surface area contributed by atoms with Gasteiger partial charge in [-0.05, 0) is 38.8 Å². The summed E-state index contributed by atoms with van der Waals surface area (Å²) >= 11 is 0. The van der Waals surface area contributed by atoms with Crippen LogP contribution in [-0.2, 0) is 6.42 Å². The number of hydrogen-bond donors (Lipinski definition) is 0. The third kappa shape index (κ3) is 3.23. The Morgan fingerprint density at radius 3 is 2.45 bits per heavy atom. The summed E-state index contributed by atoms with van der Waals surface area (Å²) in [6.45, 7) is 4.08. The average molecular weight is 268 g/mol. The molecule has 0 fully saturated rings. The van der Waals surface area contributed by atoms with Crippen molar-refractivity contribution in [2.75, 3.05) is 7.11 Å². The van der Waals surface area contributed by atoms with Crippen molar-refractivity contribution in [3.63, 3.8) is 0 Å². The number of allylic oxidation sites excluding steroid dienone is 4. The fourth-order valence-electron chi connectivity index (χ4n) is 2.15. The third-order valence-electron chi connectivity index (χ3n) is 3.20. The van der Waals surface area contributed by atoms with E-state index in [0.29, 0.717) is 5.88 Å². The molecule has 0 aliphatic rings. The average Bonchev–Trinajstić information content (AvgIpc) is 2.50. The van der Waals surface area contributed by atoms with Gasteiger partial charge in [0.1, 0.15) is 5.69 Å². The van der Waals surface area contributed by atoms with Gasteiger partial charge in [-0.2, -0.15) is 0 Å². The molecule has 0 aliphatic carbocycles. The topological polar surface area (TPSA) is 35.0 Å². The van der Waals surface area contributed by atoms with E-state index in [2.05, 4.69) is 35.1 Å². The maximum atomic E-state index is 5.37. The number of para-hydroxylation sites is 2. The second-order valence-electron chi connectivity index (χ2n) is 4.53. The zero-order valence-corrected chi connectivity index (χ0v) is 12.3. The molecule has 3 heteroatoms. The Morgan fingerprint density at radius 1 is 1.15 bits per heavy atom. The van der Waals surface area contributed by atoms with Crippen LogP contribution < -0.4 is 4.74 Å². The van der Waals surface area contributed by atoms with Crippen molar-refractivity contribution >= 4 is 11.0 Å². The number of ether oxygens (including phenoxy) is 1. The lowest BCUT2D eigenvalue weighted by Crippen LogP contribution is -2.00. The summed E-state index contributed by atoms with van der Waals surface area (Å²) in [4.78, 5) is 9.19. The Bertz CT molecular complexity index is 644. The van der Waals surface area contributed by atoms with Crippen LogP contribution in [0.15, 0.2) is 48.1 Å². The third-order valence-corrected chi connectivity index (χ3v) is 3.20. The molecule has 2 rings (SSSR count). The van der Waals surface area contributed by atoms with Gasteiger partial charge in [0.05, 0.1) is 18.1 Å². The van der Waals surface area contributed by atoms with Crippen LogP contribution in [0.25, 0.3) is 11.0 Å². The molecule has 0 bridgehead atoms. The predicted molar refractivity (Wildman–Crippen MR) is 83.0 cm³/mol. The van der Waals surface area contributed by atoms with Crippen LogP contribution in [0, 0.1) is 0 Å². The first-order chi connectivity index (χ1) is 9.78. The second kappa shape index (κ2) is 6.85. The van der Waals surface area contributed by atoms with Crippen molar-refractivity contribution in [1.29, 1.82) is 0 Å². The number of rotatable bonds is 5. The molecular formula is C17H20N2O. The summed E-state index contributed by atoms with van der Waals surface area (Å²) in [6.07, 6.45) is 8.07. The Hall–Kier alpha value is -2.16. The highest BCUT2D eigenvalue weighted by Gasteiger charge is 2.09. The Balaban J connectivity index is 2.28. The van der Waals surface area contributed by atoms with Crippen LogP contribution in [0.4, 0.5) is 0 Å². The maximum Gasteiger partial charge on any atom is 0.235 e. The summed E-state index contributed by atoms with van der Waals surface area (Å²) < 4.78 is 5.37. The first-order valence-electron chi connectivity index (χ1n) is 6.86. The molecule has 1 aromatic heterocycles. The van der Waals surface area contributed by atoms with E-state index in [-0.39, 0.29) is 0 Å². The van der Waals surface area contributed by atoms with Gasteiger partial charge in [-0.25, -0.2) is 9.97 Å². The van der Waals surface area contributed by atoms with Crippen molar-refractivity contribution in [2.24, 2.45) is 0 Å². The lowest BCUT2D eigenvalue weighted by atomic mass is 10.1. The molecule has 1 heterocycles. The standard InChI is InChI=1S/C17H20N2O/c1-4-8-13(5-2)11-12-16-17(20-3)19-15-10-7-6-9-14(15)18-16/h4-10H,11-12H2,1-3H3/b8-4-,13-5+. The van der Waals surface area contributed by atoms with E-state index in [1.165, 1.54) is 5.57 Å². The summed E-state index contributed by atoms with van der Waals surface area (Å²) in [5.41, 5.74) is 3.99. The molecule has 20 heavy (non-hydrogen) atoms. The van der Waals surface area contributed by atoms with Gasteiger partial charge in [0.15, 0.2) is 0 Å². The molecule has 0 atom stereocenters. The van der Waals surface area contributed by atoms with Gasteiger partial charge in [0, 0.05) is 0 Å². The van der Waals surface area contributed by atoms with E-state index < -0.39 is 0 Å². The molecule has 3 nitrogen and oxygen atoms in total. The monoisotopic (exact) mass is 268 g/mol. The zero-order chi connectivity index (χ0) is 14.4. The fourth-order valence-corrected chi connectivity index (χ4v) is 2.15. The molecule has 0 amide bonds. The Labute approximate surface area is 120 Å². The molecule has 1 aromatic carbocycles. The molecule has 0 spiro atoms. The fraction of sp³-hybridized carbons (Fsp3) is 0.294. The lowest BCUT2D eigenvalue weighted by Gasteiger charge is -2.08. The number of aromatic nitrogens is 2. The van der Waals surface area contributed by atoms with E-state index in [1.54, 1.807) is 7.11 Å². The van der Waals surface area contributed by atoms with Crippen molar-refractivity contribution in [2.45, 2.75) is 26.7 Å². The number of nitrogens with zero attached hydrogens (tertiary/aromatic N) is 2. The van der Waals surface area contributed by atoms with Crippen LogP contribution in [0.1, 0.15) is 26.0 Å². The Morgan fingerprint density at radius 2 is 1.85 bits per heavy atom. The van der Waals surface area contributed by atoms with Crippen LogP contribution >= 0.6 is 0 Å². The van der Waals surface area contributed by atoms with Gasteiger partial charge >= 0.3 is 0 Å². The molecule has 0 saturated carbocycles. The van der Waals surface area contributed by atoms with Crippen LogP contribution in [-0.4, -0.2) is 17.1 Å². The van der Waals surface area contributed by atoms with E-state index in [9.17, 15) is 0 Å². The summed E-state index contributed by atoms with van der Waals surface area (Å²) in [6, 6.07) is 7.87. The minimum absolute atomic E-state index is 0.625. The summed E-state index contributed by atoms with van der Waals surface area (Å²) in [5, 5.41) is 0. The quantitative estimate of drug-likeness (QED) is 0.766. The van der Waals surface area contributed by atoms with Crippen molar-refractivity contribution in [3.8, 4) is 5.88 Å². The van der Waals surface area contributed by atoms with Gasteiger partial charge < -0.3 is 4.74 Å². The van der Waals surface area contributed by atoms with Gasteiger partial charge in [0.25, 0.3) is 0 Å². The van der Waals surface area contributed by atoms with Crippen molar-refractivity contribution in [1.82, 2.24) is 9.97 Å². The lowest BCUT2D eigenvalue weighted by molar-refractivity contribution is 0.391. The second-order valence-corrected chi connectivity index (χ2v) is 4.53. The summed E-state index contributed by atoms with van der Waals surface area (Å²) in [7, 11) is 1.64. The van der Waals surface area contributed by atoms with Crippen LogP contribution in [0.5, 0.6) is 5.88 Å². The number of fused-ring (bicyclic) bond motifs is 1. The van der Waals surface area contributed by atoms with Gasteiger partial charge in [-0.1, -0.05) is 35.9 Å². The van der Waals surface area contributed by atoms with Crippen molar-refractivity contribution < 1.29 is 4.74 Å².